The van der Waals surface area contributed by atoms with Crippen molar-refractivity contribution in [3.63, 3.8) is 0 Å². The van der Waals surface area contributed by atoms with E-state index in [1.807, 2.05) is 48.5 Å². The number of ether oxygens (including phenoxy) is 1. The average Bonchev–Trinajstić information content (AvgIpc) is 2.72. The lowest BCUT2D eigenvalue weighted by Crippen LogP contribution is -2.10. The van der Waals surface area contributed by atoms with Crippen LogP contribution in [0.4, 0.5) is 0 Å². The van der Waals surface area contributed by atoms with Gasteiger partial charge in [0.2, 0.25) is 0 Å². The second-order valence-corrected chi connectivity index (χ2v) is 9.16. The molecule has 0 heterocycles. The quantitative estimate of drug-likeness (QED) is 0.237. The summed E-state index contributed by atoms with van der Waals surface area (Å²) in [6.45, 7) is -0.336. The zero-order valence-corrected chi connectivity index (χ0v) is 19.9. The van der Waals surface area contributed by atoms with E-state index in [0.717, 1.165) is 24.3 Å². The minimum atomic E-state index is -0.982. The van der Waals surface area contributed by atoms with Crippen LogP contribution in [0.3, 0.4) is 0 Å². The summed E-state index contributed by atoms with van der Waals surface area (Å²) in [6, 6.07) is 24.4. The van der Waals surface area contributed by atoms with Gasteiger partial charge in [-0.15, -0.1) is 11.8 Å². The van der Waals surface area contributed by atoms with E-state index < -0.39 is 5.97 Å². The summed E-state index contributed by atoms with van der Waals surface area (Å²) in [4.78, 5) is 11.8. The van der Waals surface area contributed by atoms with Gasteiger partial charge in [-0.05, 0) is 63.6 Å². The normalized spacial score (nSPS) is 11.3. The largest absolute Gasteiger partial charge is 0.481 e. The fourth-order valence-electron chi connectivity index (χ4n) is 2.73. The van der Waals surface area contributed by atoms with Crippen LogP contribution in [0.25, 0.3) is 5.57 Å². The van der Waals surface area contributed by atoms with E-state index in [0.29, 0.717) is 5.75 Å². The van der Waals surface area contributed by atoms with Crippen molar-refractivity contribution in [3.05, 3.63) is 98.0 Å². The van der Waals surface area contributed by atoms with E-state index in [2.05, 4.69) is 68.9 Å². The Morgan fingerprint density at radius 2 is 1.79 bits per heavy atom. The number of rotatable bonds is 8. The molecule has 0 radical (unpaired) electrons. The van der Waals surface area contributed by atoms with Crippen LogP contribution in [0, 0.1) is 3.57 Å². The minimum Gasteiger partial charge on any atom is -0.481 e. The SMILES string of the molecule is O=C(O)COc1ccc(SC/C=C(/c2ccccc2)c2ccccc2Br)cc1I. The zero-order valence-electron chi connectivity index (χ0n) is 15.3. The first-order valence-electron chi connectivity index (χ1n) is 8.82. The highest BCUT2D eigenvalue weighted by Crippen LogP contribution is 2.32. The van der Waals surface area contributed by atoms with Crippen LogP contribution in [-0.2, 0) is 4.79 Å². The predicted octanol–water partition coefficient (Wildman–Crippen LogP) is 6.74. The number of hydrogen-bond acceptors (Lipinski definition) is 3. The highest BCUT2D eigenvalue weighted by atomic mass is 127. The Bertz CT molecular complexity index is 1020. The molecule has 3 aromatic carbocycles. The summed E-state index contributed by atoms with van der Waals surface area (Å²) in [5.74, 6) is 0.410. The van der Waals surface area contributed by atoms with E-state index in [9.17, 15) is 4.79 Å². The Balaban J connectivity index is 1.78. The Hall–Kier alpha value is -1.77. The lowest BCUT2D eigenvalue weighted by molar-refractivity contribution is -0.139. The summed E-state index contributed by atoms with van der Waals surface area (Å²) < 4.78 is 7.25. The van der Waals surface area contributed by atoms with E-state index in [4.69, 9.17) is 9.84 Å². The predicted molar refractivity (Wildman–Crippen MR) is 131 cm³/mol. The van der Waals surface area contributed by atoms with E-state index in [1.165, 1.54) is 11.1 Å². The van der Waals surface area contributed by atoms with Gasteiger partial charge in [0, 0.05) is 15.1 Å². The molecule has 0 saturated heterocycles. The third kappa shape index (κ3) is 6.35. The number of benzene rings is 3. The molecule has 0 aliphatic carbocycles. The first-order chi connectivity index (χ1) is 14.0. The van der Waals surface area contributed by atoms with Crippen LogP contribution in [0.1, 0.15) is 11.1 Å². The molecule has 3 aromatic rings. The molecule has 148 valence electrons. The second kappa shape index (κ2) is 10.8. The number of carboxylic acid groups (broad SMARTS) is 1. The van der Waals surface area contributed by atoms with Crippen molar-refractivity contribution in [2.24, 2.45) is 0 Å². The molecule has 0 saturated carbocycles. The van der Waals surface area contributed by atoms with Crippen LogP contribution in [0.2, 0.25) is 0 Å². The number of thioether (sulfide) groups is 1. The van der Waals surface area contributed by atoms with Crippen LogP contribution in [0.15, 0.2) is 88.2 Å². The van der Waals surface area contributed by atoms with Gasteiger partial charge in [0.15, 0.2) is 6.61 Å². The van der Waals surface area contributed by atoms with E-state index >= 15 is 0 Å². The first-order valence-corrected chi connectivity index (χ1v) is 11.7. The monoisotopic (exact) mass is 580 g/mol. The third-order valence-electron chi connectivity index (χ3n) is 4.04. The molecule has 0 amide bonds. The molecule has 29 heavy (non-hydrogen) atoms. The van der Waals surface area contributed by atoms with Gasteiger partial charge in [0.1, 0.15) is 5.75 Å². The summed E-state index contributed by atoms with van der Waals surface area (Å²) in [7, 11) is 0. The standard InChI is InChI=1S/C23H18BrIO3S/c24-20-9-5-4-8-19(20)18(16-6-2-1-3-7-16)12-13-29-17-10-11-22(21(25)14-17)28-15-23(26)27/h1-12,14H,13,15H2,(H,26,27)/b18-12-. The van der Waals surface area contributed by atoms with Crippen molar-refractivity contribution in [2.75, 3.05) is 12.4 Å². The maximum Gasteiger partial charge on any atom is 0.341 e. The fraction of sp³-hybridized carbons (Fsp3) is 0.0870. The van der Waals surface area contributed by atoms with E-state index in [-0.39, 0.29) is 6.61 Å². The Labute approximate surface area is 196 Å². The zero-order chi connectivity index (χ0) is 20.6. The summed E-state index contributed by atoms with van der Waals surface area (Å²) in [6.07, 6.45) is 2.24. The summed E-state index contributed by atoms with van der Waals surface area (Å²) in [5, 5.41) is 8.75. The summed E-state index contributed by atoms with van der Waals surface area (Å²) >= 11 is 7.56. The van der Waals surface area contributed by atoms with Crippen molar-refractivity contribution < 1.29 is 14.6 Å². The Morgan fingerprint density at radius 1 is 1.07 bits per heavy atom. The molecule has 0 aliphatic rings. The van der Waals surface area contributed by atoms with Gasteiger partial charge in [-0.3, -0.25) is 0 Å². The average molecular weight is 581 g/mol. The molecule has 3 rings (SSSR count). The second-order valence-electron chi connectivity index (χ2n) is 6.05. The van der Waals surface area contributed by atoms with Gasteiger partial charge in [-0.1, -0.05) is 70.5 Å². The van der Waals surface area contributed by atoms with Gasteiger partial charge in [-0.2, -0.15) is 0 Å². The molecule has 0 bridgehead atoms. The van der Waals surface area contributed by atoms with Crippen molar-refractivity contribution >= 4 is 61.8 Å². The highest BCUT2D eigenvalue weighted by molar-refractivity contribution is 14.1. The molecule has 0 spiro atoms. The number of halogens is 2. The fourth-order valence-corrected chi connectivity index (χ4v) is 4.92. The maximum absolute atomic E-state index is 10.7. The molecular formula is C23H18BrIO3S. The van der Waals surface area contributed by atoms with Crippen molar-refractivity contribution in [1.82, 2.24) is 0 Å². The number of carbonyl (C=O) groups is 1. The van der Waals surface area contributed by atoms with Crippen LogP contribution >= 0.6 is 50.3 Å². The molecule has 0 aliphatic heterocycles. The number of carboxylic acids is 1. The van der Waals surface area contributed by atoms with Crippen LogP contribution < -0.4 is 4.74 Å². The molecule has 3 nitrogen and oxygen atoms in total. The lowest BCUT2D eigenvalue weighted by Gasteiger charge is -2.11. The van der Waals surface area contributed by atoms with Gasteiger partial charge in [0.05, 0.1) is 3.57 Å². The smallest absolute Gasteiger partial charge is 0.341 e. The van der Waals surface area contributed by atoms with Crippen LogP contribution in [0.5, 0.6) is 5.75 Å². The van der Waals surface area contributed by atoms with Gasteiger partial charge >= 0.3 is 5.97 Å². The first kappa shape index (κ1) is 21.9. The number of hydrogen-bond donors (Lipinski definition) is 1. The van der Waals surface area contributed by atoms with Gasteiger partial charge < -0.3 is 9.84 Å². The van der Waals surface area contributed by atoms with Gasteiger partial charge in [0.25, 0.3) is 0 Å². The minimum absolute atomic E-state index is 0.336. The Kier molecular flexibility index (Phi) is 8.20. The molecule has 1 N–H and O–H groups in total. The van der Waals surface area contributed by atoms with Gasteiger partial charge in [-0.25, -0.2) is 4.79 Å². The molecule has 6 heteroatoms. The lowest BCUT2D eigenvalue weighted by atomic mass is 9.98. The van der Waals surface area contributed by atoms with Crippen molar-refractivity contribution in [2.45, 2.75) is 4.90 Å². The molecular weight excluding hydrogens is 563 g/mol. The van der Waals surface area contributed by atoms with Crippen LogP contribution in [-0.4, -0.2) is 23.4 Å². The molecule has 0 unspecified atom stereocenters. The van der Waals surface area contributed by atoms with Crippen molar-refractivity contribution in [1.29, 1.82) is 0 Å². The third-order valence-corrected chi connectivity index (χ3v) is 6.50. The molecule has 0 aromatic heterocycles. The Morgan fingerprint density at radius 3 is 2.48 bits per heavy atom. The number of aliphatic carboxylic acids is 1. The summed E-state index contributed by atoms with van der Waals surface area (Å²) in [5.41, 5.74) is 3.51. The topological polar surface area (TPSA) is 46.5 Å². The van der Waals surface area contributed by atoms with E-state index in [1.54, 1.807) is 11.8 Å². The highest BCUT2D eigenvalue weighted by Gasteiger charge is 2.09. The molecule has 0 atom stereocenters. The molecule has 0 fully saturated rings. The maximum atomic E-state index is 10.7. The van der Waals surface area contributed by atoms with Crippen molar-refractivity contribution in [3.8, 4) is 5.75 Å².